The molecular weight excluding hydrogens is 220 g/mol. The van der Waals surface area contributed by atoms with Crippen LogP contribution in [-0.2, 0) is 9.47 Å². The Hall–Kier alpha value is -0.280. The van der Waals surface area contributed by atoms with Gasteiger partial charge in [-0.1, -0.05) is 0 Å². The molecule has 0 spiro atoms. The van der Waals surface area contributed by atoms with E-state index < -0.39 is 18.7 Å². The van der Waals surface area contributed by atoms with Crippen molar-refractivity contribution in [3.05, 3.63) is 0 Å². The summed E-state index contributed by atoms with van der Waals surface area (Å²) < 4.78 is 9.46. The minimum atomic E-state index is -1.59. The zero-order valence-electron chi connectivity index (χ0n) is 9.03. The summed E-state index contributed by atoms with van der Waals surface area (Å²) in [6, 6.07) is 0. The van der Waals surface area contributed by atoms with Gasteiger partial charge >= 0.3 is 0 Å². The molecule has 0 aromatic rings. The van der Waals surface area contributed by atoms with E-state index in [0.29, 0.717) is 12.8 Å². The van der Waals surface area contributed by atoms with Crippen LogP contribution in [0.25, 0.3) is 0 Å². The largest absolute Gasteiger partial charge is 0.396 e. The van der Waals surface area contributed by atoms with E-state index in [1.807, 2.05) is 0 Å². The maximum atomic E-state index is 9.31. The Labute approximate surface area is 93.9 Å². The molecule has 0 aliphatic carbocycles. The second kappa shape index (κ2) is 9.91. The summed E-state index contributed by atoms with van der Waals surface area (Å²) in [5, 5.41) is 44.7. The van der Waals surface area contributed by atoms with Gasteiger partial charge in [0.2, 0.25) is 0 Å². The Balaban J connectivity index is 3.68. The molecular formula is C9H20O7. The average molecular weight is 240 g/mol. The molecule has 0 aliphatic heterocycles. The van der Waals surface area contributed by atoms with E-state index in [0.717, 1.165) is 0 Å². The van der Waals surface area contributed by atoms with E-state index in [9.17, 15) is 15.3 Å². The third-order valence-corrected chi connectivity index (χ3v) is 1.77. The molecule has 0 radical (unpaired) electrons. The molecule has 7 nitrogen and oxygen atoms in total. The van der Waals surface area contributed by atoms with Crippen molar-refractivity contribution >= 4 is 0 Å². The third-order valence-electron chi connectivity index (χ3n) is 1.77. The maximum Gasteiger partial charge on any atom is 0.185 e. The van der Waals surface area contributed by atoms with Crippen LogP contribution in [-0.4, -0.2) is 70.6 Å². The van der Waals surface area contributed by atoms with Crippen molar-refractivity contribution in [3.8, 4) is 0 Å². The molecule has 0 aromatic heterocycles. The van der Waals surface area contributed by atoms with Crippen LogP contribution in [0.2, 0.25) is 0 Å². The van der Waals surface area contributed by atoms with Crippen LogP contribution in [0, 0.1) is 0 Å². The van der Waals surface area contributed by atoms with Gasteiger partial charge in [-0.3, -0.25) is 0 Å². The van der Waals surface area contributed by atoms with Crippen molar-refractivity contribution in [2.45, 2.75) is 31.5 Å². The van der Waals surface area contributed by atoms with Gasteiger partial charge in [-0.25, -0.2) is 0 Å². The number of ether oxygens (including phenoxy) is 2. The lowest BCUT2D eigenvalue weighted by atomic mass is 10.3. The van der Waals surface area contributed by atoms with Gasteiger partial charge in [0.25, 0.3) is 0 Å². The van der Waals surface area contributed by atoms with Gasteiger partial charge in [0, 0.05) is 13.2 Å². The quantitative estimate of drug-likeness (QED) is 0.217. The number of aliphatic hydroxyl groups is 5. The van der Waals surface area contributed by atoms with Crippen molar-refractivity contribution in [2.75, 3.05) is 26.4 Å². The fourth-order valence-electron chi connectivity index (χ4n) is 0.875. The van der Waals surface area contributed by atoms with Gasteiger partial charge in [-0.15, -0.1) is 0 Å². The van der Waals surface area contributed by atoms with Gasteiger partial charge < -0.3 is 35.0 Å². The first-order chi connectivity index (χ1) is 7.63. The SMILES string of the molecule is OCCCOC(O)C(O)C(O)OCCCO. The maximum absolute atomic E-state index is 9.31. The van der Waals surface area contributed by atoms with Crippen LogP contribution in [0.4, 0.5) is 0 Å². The summed E-state index contributed by atoms with van der Waals surface area (Å²) >= 11 is 0. The van der Waals surface area contributed by atoms with Crippen molar-refractivity contribution in [2.24, 2.45) is 0 Å². The van der Waals surface area contributed by atoms with Gasteiger partial charge in [0.1, 0.15) is 0 Å². The molecule has 0 amide bonds. The van der Waals surface area contributed by atoms with E-state index in [1.54, 1.807) is 0 Å². The van der Waals surface area contributed by atoms with E-state index in [2.05, 4.69) is 0 Å². The Bertz CT molecular complexity index is 139. The highest BCUT2D eigenvalue weighted by Crippen LogP contribution is 2.04. The van der Waals surface area contributed by atoms with Crippen molar-refractivity contribution in [1.82, 2.24) is 0 Å². The van der Waals surface area contributed by atoms with E-state index in [4.69, 9.17) is 19.7 Å². The van der Waals surface area contributed by atoms with Gasteiger partial charge in [0.05, 0.1) is 13.2 Å². The van der Waals surface area contributed by atoms with Crippen LogP contribution < -0.4 is 0 Å². The predicted octanol–water partition coefficient (Wildman–Crippen LogP) is -2.22. The van der Waals surface area contributed by atoms with Crippen LogP contribution in [0.3, 0.4) is 0 Å². The smallest absolute Gasteiger partial charge is 0.185 e. The third kappa shape index (κ3) is 7.07. The fourth-order valence-corrected chi connectivity index (χ4v) is 0.875. The Morgan fingerprint density at radius 3 is 1.44 bits per heavy atom. The standard InChI is InChI=1S/C9H20O7/c10-3-1-5-15-8(13)7(12)9(14)16-6-2-4-11/h7-14H,1-6H2. The molecule has 0 fully saturated rings. The van der Waals surface area contributed by atoms with Gasteiger partial charge in [-0.2, -0.15) is 0 Å². The van der Waals surface area contributed by atoms with E-state index in [1.165, 1.54) is 0 Å². The first kappa shape index (κ1) is 15.7. The van der Waals surface area contributed by atoms with Gasteiger partial charge in [0.15, 0.2) is 18.7 Å². The first-order valence-electron chi connectivity index (χ1n) is 5.12. The number of aliphatic hydroxyl groups excluding tert-OH is 5. The zero-order valence-corrected chi connectivity index (χ0v) is 9.03. The zero-order chi connectivity index (χ0) is 12.4. The summed E-state index contributed by atoms with van der Waals surface area (Å²) in [6.45, 7) is -0.0348. The molecule has 98 valence electrons. The lowest BCUT2D eigenvalue weighted by Gasteiger charge is -2.22. The van der Waals surface area contributed by atoms with Crippen LogP contribution in [0.1, 0.15) is 12.8 Å². The van der Waals surface area contributed by atoms with E-state index >= 15 is 0 Å². The molecule has 5 N–H and O–H groups in total. The van der Waals surface area contributed by atoms with Crippen LogP contribution in [0.15, 0.2) is 0 Å². The minimum absolute atomic E-state index is 0.0675. The molecule has 0 heterocycles. The molecule has 0 saturated heterocycles. The Kier molecular flexibility index (Phi) is 9.74. The number of hydrogen-bond donors (Lipinski definition) is 5. The van der Waals surface area contributed by atoms with Crippen molar-refractivity contribution in [1.29, 1.82) is 0 Å². The molecule has 16 heavy (non-hydrogen) atoms. The predicted molar refractivity (Wildman–Crippen MR) is 53.3 cm³/mol. The molecule has 2 unspecified atom stereocenters. The molecule has 0 rings (SSSR count). The van der Waals surface area contributed by atoms with Crippen molar-refractivity contribution in [3.63, 3.8) is 0 Å². The minimum Gasteiger partial charge on any atom is -0.396 e. The highest BCUT2D eigenvalue weighted by molar-refractivity contribution is 4.61. The van der Waals surface area contributed by atoms with Crippen LogP contribution >= 0.6 is 0 Å². The highest BCUT2D eigenvalue weighted by Gasteiger charge is 2.25. The summed E-state index contributed by atoms with van der Waals surface area (Å²) in [5.74, 6) is 0. The Morgan fingerprint density at radius 1 is 0.750 bits per heavy atom. The second-order valence-electron chi connectivity index (χ2n) is 3.17. The number of hydrogen-bond acceptors (Lipinski definition) is 7. The van der Waals surface area contributed by atoms with Gasteiger partial charge in [-0.05, 0) is 12.8 Å². The van der Waals surface area contributed by atoms with Crippen molar-refractivity contribution < 1.29 is 35.0 Å². The average Bonchev–Trinajstić information content (AvgIpc) is 2.28. The molecule has 2 atom stereocenters. The summed E-state index contributed by atoms with van der Waals surface area (Å²) in [7, 11) is 0. The molecule has 0 saturated carbocycles. The van der Waals surface area contributed by atoms with E-state index in [-0.39, 0.29) is 26.4 Å². The summed E-state index contributed by atoms with van der Waals surface area (Å²) in [5.41, 5.74) is 0. The topological polar surface area (TPSA) is 120 Å². The van der Waals surface area contributed by atoms with Crippen LogP contribution in [0.5, 0.6) is 0 Å². The molecule has 7 heteroatoms. The highest BCUT2D eigenvalue weighted by atomic mass is 16.6. The monoisotopic (exact) mass is 240 g/mol. The Morgan fingerprint density at radius 2 is 1.12 bits per heavy atom. The summed E-state index contributed by atoms with van der Waals surface area (Å²) in [6.07, 6.45) is -4.08. The number of rotatable bonds is 10. The summed E-state index contributed by atoms with van der Waals surface area (Å²) in [4.78, 5) is 0. The lowest BCUT2D eigenvalue weighted by molar-refractivity contribution is -0.245. The molecule has 0 aromatic carbocycles. The normalized spacial score (nSPS) is 17.1. The molecule has 0 bridgehead atoms. The first-order valence-corrected chi connectivity index (χ1v) is 5.12. The fraction of sp³-hybridized carbons (Fsp3) is 1.00. The second-order valence-corrected chi connectivity index (χ2v) is 3.17. The lowest BCUT2D eigenvalue weighted by Crippen LogP contribution is -2.41. The molecule has 0 aliphatic rings.